The van der Waals surface area contributed by atoms with Gasteiger partial charge in [0.15, 0.2) is 0 Å². The van der Waals surface area contributed by atoms with Gasteiger partial charge in [0.2, 0.25) is 5.95 Å². The van der Waals surface area contributed by atoms with Crippen molar-refractivity contribution in [2.75, 3.05) is 24.1 Å². The van der Waals surface area contributed by atoms with Crippen molar-refractivity contribution in [3.8, 4) is 0 Å². The van der Waals surface area contributed by atoms with E-state index < -0.39 is 0 Å². The maximum atomic E-state index is 12.4. The first-order valence-corrected chi connectivity index (χ1v) is 12.0. The van der Waals surface area contributed by atoms with Crippen LogP contribution in [0.25, 0.3) is 0 Å². The Bertz CT molecular complexity index is 1170. The Morgan fingerprint density at radius 1 is 1.29 bits per heavy atom. The van der Waals surface area contributed by atoms with E-state index in [2.05, 4.69) is 32.5 Å². The smallest absolute Gasteiger partial charge is 0.278 e. The molecule has 35 heavy (non-hydrogen) atoms. The number of hydrogen-bond donors (Lipinski definition) is 5. The van der Waals surface area contributed by atoms with Gasteiger partial charge < -0.3 is 21.5 Å². The average molecular weight is 479 g/mol. The largest absolute Gasteiger partial charge is 0.512 e. The lowest BCUT2D eigenvalue weighted by Gasteiger charge is -2.09. The molecule has 1 aliphatic rings. The molecule has 0 radical (unpaired) electrons. The number of allylic oxidation sites excluding steroid dienone is 3. The number of aromatic nitrogens is 2. The minimum Gasteiger partial charge on any atom is -0.512 e. The van der Waals surface area contributed by atoms with Crippen LogP contribution in [-0.4, -0.2) is 39.8 Å². The quantitative estimate of drug-likeness (QED) is 0.174. The topological polar surface area (TPSA) is 145 Å². The van der Waals surface area contributed by atoms with Gasteiger partial charge in [0.05, 0.1) is 23.7 Å². The fraction of sp³-hybridized carbons (Fsp3) is 0.385. The van der Waals surface area contributed by atoms with Crippen LogP contribution in [0, 0.1) is 6.92 Å². The lowest BCUT2D eigenvalue weighted by Crippen LogP contribution is -2.24. The van der Waals surface area contributed by atoms with E-state index in [4.69, 9.17) is 5.73 Å². The third-order valence-electron chi connectivity index (χ3n) is 5.51. The fourth-order valence-electron chi connectivity index (χ4n) is 3.42. The van der Waals surface area contributed by atoms with Gasteiger partial charge in [-0.05, 0) is 68.5 Å². The molecule has 6 N–H and O–H groups in total. The van der Waals surface area contributed by atoms with Crippen molar-refractivity contribution in [3.05, 3.63) is 69.4 Å². The summed E-state index contributed by atoms with van der Waals surface area (Å²) in [6.45, 7) is 4.68. The predicted molar refractivity (Wildman–Crippen MR) is 141 cm³/mol. The van der Waals surface area contributed by atoms with Gasteiger partial charge in [-0.3, -0.25) is 14.6 Å². The molecule has 186 valence electrons. The summed E-state index contributed by atoms with van der Waals surface area (Å²) in [7, 11) is 0. The molecule has 0 atom stereocenters. The number of aliphatic hydroxyl groups excluding tert-OH is 1. The summed E-state index contributed by atoms with van der Waals surface area (Å²) in [5.41, 5.74) is 9.10. The van der Waals surface area contributed by atoms with Crippen LogP contribution >= 0.6 is 0 Å². The Labute approximate surface area is 205 Å². The number of aromatic amines is 1. The SMILES string of the molecule is CCC/C=C/C(CNc1ccc(C(=O)NCCCC(O)=C2CC2)cc1)=Nc1c(C)nc(N)[nH]c1=O. The van der Waals surface area contributed by atoms with E-state index in [1.807, 2.05) is 24.3 Å². The monoisotopic (exact) mass is 478 g/mol. The molecular weight excluding hydrogens is 444 g/mol. The van der Waals surface area contributed by atoms with E-state index >= 15 is 0 Å². The molecule has 0 unspecified atom stereocenters. The lowest BCUT2D eigenvalue weighted by molar-refractivity contribution is 0.0952. The van der Waals surface area contributed by atoms with E-state index in [0.29, 0.717) is 48.7 Å². The van der Waals surface area contributed by atoms with Crippen molar-refractivity contribution < 1.29 is 9.90 Å². The normalized spacial score (nSPS) is 13.2. The summed E-state index contributed by atoms with van der Waals surface area (Å²) in [5.74, 6) is 0.394. The molecule has 1 aliphatic carbocycles. The number of aliphatic hydroxyl groups is 1. The first-order valence-electron chi connectivity index (χ1n) is 12.0. The number of carbonyl (C=O) groups is 1. The third kappa shape index (κ3) is 8.13. The molecule has 1 saturated carbocycles. The second-order valence-corrected chi connectivity index (χ2v) is 8.52. The highest BCUT2D eigenvalue weighted by molar-refractivity contribution is 6.00. The average Bonchev–Trinajstić information content (AvgIpc) is 3.68. The van der Waals surface area contributed by atoms with Gasteiger partial charge in [0, 0.05) is 24.2 Å². The third-order valence-corrected chi connectivity index (χ3v) is 5.51. The molecule has 1 aromatic heterocycles. The van der Waals surface area contributed by atoms with E-state index in [0.717, 1.165) is 36.9 Å². The molecule has 2 aromatic rings. The number of nitrogens with two attached hydrogens (primary N) is 1. The molecule has 0 saturated heterocycles. The number of H-pyrrole nitrogens is 1. The number of unbranched alkanes of at least 4 members (excludes halogenated alkanes) is 1. The number of rotatable bonds is 12. The second-order valence-electron chi connectivity index (χ2n) is 8.52. The minimum absolute atomic E-state index is 0.0607. The van der Waals surface area contributed by atoms with Gasteiger partial charge in [-0.25, -0.2) is 9.98 Å². The zero-order valence-corrected chi connectivity index (χ0v) is 20.4. The van der Waals surface area contributed by atoms with Gasteiger partial charge in [-0.2, -0.15) is 0 Å². The van der Waals surface area contributed by atoms with Crippen LogP contribution in [0.1, 0.15) is 61.5 Å². The highest BCUT2D eigenvalue weighted by Gasteiger charge is 2.16. The predicted octanol–water partition coefficient (Wildman–Crippen LogP) is 4.32. The molecule has 9 heteroatoms. The van der Waals surface area contributed by atoms with Gasteiger partial charge in [-0.15, -0.1) is 0 Å². The molecule has 1 heterocycles. The lowest BCUT2D eigenvalue weighted by atomic mass is 10.1. The number of benzene rings is 1. The van der Waals surface area contributed by atoms with Crippen molar-refractivity contribution in [1.82, 2.24) is 15.3 Å². The van der Waals surface area contributed by atoms with Crippen LogP contribution < -0.4 is 21.9 Å². The Morgan fingerprint density at radius 2 is 2.03 bits per heavy atom. The fourth-order valence-corrected chi connectivity index (χ4v) is 3.42. The molecule has 0 aliphatic heterocycles. The Kier molecular flexibility index (Phi) is 9.23. The molecule has 0 spiro atoms. The molecule has 9 nitrogen and oxygen atoms in total. The molecule has 3 rings (SSSR count). The number of carbonyl (C=O) groups excluding carboxylic acids is 1. The molecule has 1 fully saturated rings. The van der Waals surface area contributed by atoms with Crippen LogP contribution in [0.4, 0.5) is 17.3 Å². The summed E-state index contributed by atoms with van der Waals surface area (Å²) in [5, 5.41) is 16.0. The maximum absolute atomic E-state index is 12.4. The van der Waals surface area contributed by atoms with Crippen molar-refractivity contribution in [2.24, 2.45) is 4.99 Å². The second kappa shape index (κ2) is 12.5. The number of nitrogens with zero attached hydrogens (tertiary/aromatic N) is 2. The molecule has 0 bridgehead atoms. The zero-order chi connectivity index (χ0) is 25.2. The number of nitrogens with one attached hydrogen (secondary N) is 3. The molecular formula is C26H34N6O3. The number of amides is 1. The Balaban J connectivity index is 1.58. The standard InChI is InChI=1S/C26H34N6O3/c1-3-4-5-7-21(31-23-17(2)30-26(27)32-25(23)35)16-29-20-13-11-19(12-14-20)24(34)28-15-6-8-22(33)18-9-10-18/h5,7,11-14,29,33H,3-4,6,8-10,15-16H2,1-2H3,(H,28,34)(H3,27,30,32,35)/b7-5+,31-21?. The van der Waals surface area contributed by atoms with Crippen molar-refractivity contribution in [2.45, 2.75) is 52.4 Å². The summed E-state index contributed by atoms with van der Waals surface area (Å²) in [6.07, 6.45) is 9.12. The van der Waals surface area contributed by atoms with Gasteiger partial charge in [0.25, 0.3) is 11.5 Å². The van der Waals surface area contributed by atoms with Gasteiger partial charge in [0.1, 0.15) is 5.69 Å². The number of hydrogen-bond acceptors (Lipinski definition) is 7. The van der Waals surface area contributed by atoms with Crippen molar-refractivity contribution in [3.63, 3.8) is 0 Å². The van der Waals surface area contributed by atoms with Gasteiger partial charge in [-0.1, -0.05) is 19.4 Å². The van der Waals surface area contributed by atoms with Crippen LogP contribution in [0.2, 0.25) is 0 Å². The van der Waals surface area contributed by atoms with Crippen LogP contribution in [0.15, 0.2) is 57.5 Å². The maximum Gasteiger partial charge on any atom is 0.278 e. The van der Waals surface area contributed by atoms with Crippen LogP contribution in [0.5, 0.6) is 0 Å². The molecule has 1 aromatic carbocycles. The van der Waals surface area contributed by atoms with E-state index in [1.54, 1.807) is 19.1 Å². The highest BCUT2D eigenvalue weighted by Crippen LogP contribution is 2.31. The first kappa shape index (κ1) is 25.7. The van der Waals surface area contributed by atoms with Crippen molar-refractivity contribution in [1.29, 1.82) is 0 Å². The van der Waals surface area contributed by atoms with Crippen LogP contribution in [0.3, 0.4) is 0 Å². The zero-order valence-electron chi connectivity index (χ0n) is 20.4. The Hall–Kier alpha value is -3.88. The minimum atomic E-state index is -0.383. The van der Waals surface area contributed by atoms with Crippen molar-refractivity contribution >= 4 is 28.9 Å². The van der Waals surface area contributed by atoms with Gasteiger partial charge >= 0.3 is 0 Å². The number of aliphatic imine (C=N–C) groups is 1. The number of aryl methyl sites for hydroxylation is 1. The molecule has 1 amide bonds. The Morgan fingerprint density at radius 3 is 2.69 bits per heavy atom. The summed E-state index contributed by atoms with van der Waals surface area (Å²) < 4.78 is 0. The summed E-state index contributed by atoms with van der Waals surface area (Å²) in [6, 6.07) is 7.16. The van der Waals surface area contributed by atoms with E-state index in [1.165, 1.54) is 0 Å². The first-order chi connectivity index (χ1) is 16.9. The summed E-state index contributed by atoms with van der Waals surface area (Å²) in [4.78, 5) is 35.7. The number of anilines is 2. The number of nitrogen functional groups attached to an aromatic ring is 1. The van der Waals surface area contributed by atoms with Crippen LogP contribution in [-0.2, 0) is 0 Å². The summed E-state index contributed by atoms with van der Waals surface area (Å²) >= 11 is 0. The highest BCUT2D eigenvalue weighted by atomic mass is 16.3. The van der Waals surface area contributed by atoms with E-state index in [-0.39, 0.29) is 23.1 Å². The van der Waals surface area contributed by atoms with E-state index in [9.17, 15) is 14.7 Å².